The van der Waals surface area contributed by atoms with Crippen LogP contribution in [0.2, 0.25) is 0 Å². The molecular formula is C12H21ClF3N. The molecule has 1 heterocycles. The first-order valence-corrected chi connectivity index (χ1v) is 6.92. The third kappa shape index (κ3) is 5.96. The highest BCUT2D eigenvalue weighted by Crippen LogP contribution is 2.33. The van der Waals surface area contributed by atoms with Gasteiger partial charge in [0.15, 0.2) is 0 Å². The molecule has 0 bridgehead atoms. The Kier molecular flexibility index (Phi) is 6.63. The highest BCUT2D eigenvalue weighted by atomic mass is 35.5. The van der Waals surface area contributed by atoms with E-state index in [-0.39, 0.29) is 6.54 Å². The van der Waals surface area contributed by atoms with Crippen molar-refractivity contribution in [3.05, 3.63) is 0 Å². The minimum Gasteiger partial charge on any atom is -0.303 e. The van der Waals surface area contributed by atoms with E-state index in [0.29, 0.717) is 18.7 Å². The Bertz CT molecular complexity index is 208. The highest BCUT2D eigenvalue weighted by molar-refractivity contribution is 6.17. The van der Waals surface area contributed by atoms with E-state index in [9.17, 15) is 13.2 Å². The van der Waals surface area contributed by atoms with Crippen molar-refractivity contribution in [3.63, 3.8) is 0 Å². The summed E-state index contributed by atoms with van der Waals surface area (Å²) >= 11 is 5.56. The van der Waals surface area contributed by atoms with Gasteiger partial charge < -0.3 is 4.90 Å². The average Bonchev–Trinajstić information content (AvgIpc) is 2.28. The van der Waals surface area contributed by atoms with Crippen LogP contribution >= 0.6 is 11.6 Å². The van der Waals surface area contributed by atoms with Crippen LogP contribution in [0.15, 0.2) is 0 Å². The lowest BCUT2D eigenvalue weighted by atomic mass is 9.97. The number of alkyl halides is 4. The van der Waals surface area contributed by atoms with Crippen LogP contribution in [0.1, 0.15) is 38.5 Å². The molecule has 5 heteroatoms. The zero-order valence-electron chi connectivity index (χ0n) is 10.1. The second kappa shape index (κ2) is 7.47. The molecule has 0 aromatic carbocycles. The summed E-state index contributed by atoms with van der Waals surface area (Å²) in [7, 11) is 0. The van der Waals surface area contributed by atoms with Crippen molar-refractivity contribution in [1.29, 1.82) is 0 Å². The molecule has 1 unspecified atom stereocenters. The van der Waals surface area contributed by atoms with Crippen molar-refractivity contribution >= 4 is 11.6 Å². The van der Waals surface area contributed by atoms with Gasteiger partial charge in [-0.1, -0.05) is 12.8 Å². The van der Waals surface area contributed by atoms with E-state index >= 15 is 0 Å². The van der Waals surface area contributed by atoms with Gasteiger partial charge in [-0.25, -0.2) is 0 Å². The summed E-state index contributed by atoms with van der Waals surface area (Å²) in [4.78, 5) is 1.96. The topological polar surface area (TPSA) is 3.24 Å². The van der Waals surface area contributed by atoms with Crippen LogP contribution in [0.3, 0.4) is 0 Å². The summed E-state index contributed by atoms with van der Waals surface area (Å²) in [6, 6.07) is 0. The minimum atomic E-state index is -4.02. The van der Waals surface area contributed by atoms with Crippen molar-refractivity contribution in [2.75, 3.05) is 25.5 Å². The molecule has 1 aliphatic rings. The van der Waals surface area contributed by atoms with Gasteiger partial charge in [0, 0.05) is 12.4 Å². The van der Waals surface area contributed by atoms with Crippen molar-refractivity contribution in [2.45, 2.75) is 44.7 Å². The van der Waals surface area contributed by atoms with Gasteiger partial charge in [-0.3, -0.25) is 0 Å². The second-order valence-corrected chi connectivity index (χ2v) is 5.16. The standard InChI is InChI=1S/C12H21ClF3N/c13-7-3-1-2-4-8-17-9-5-6-11(10-17)12(14,15)16/h11H,1-10H2. The summed E-state index contributed by atoms with van der Waals surface area (Å²) in [6.07, 6.45) is 1.10. The number of halogens is 4. The lowest BCUT2D eigenvalue weighted by Crippen LogP contribution is -2.42. The van der Waals surface area contributed by atoms with Gasteiger partial charge in [-0.2, -0.15) is 13.2 Å². The Morgan fingerprint density at radius 3 is 2.47 bits per heavy atom. The highest BCUT2D eigenvalue weighted by Gasteiger charge is 2.41. The fourth-order valence-electron chi connectivity index (χ4n) is 2.31. The van der Waals surface area contributed by atoms with Crippen molar-refractivity contribution < 1.29 is 13.2 Å². The van der Waals surface area contributed by atoms with Crippen LogP contribution in [-0.2, 0) is 0 Å². The molecular weight excluding hydrogens is 251 g/mol. The zero-order chi connectivity index (χ0) is 12.7. The Labute approximate surface area is 106 Å². The molecule has 1 aliphatic heterocycles. The molecule has 1 fully saturated rings. The van der Waals surface area contributed by atoms with Crippen LogP contribution in [0, 0.1) is 5.92 Å². The van der Waals surface area contributed by atoms with E-state index in [0.717, 1.165) is 38.8 Å². The molecule has 0 aliphatic carbocycles. The van der Waals surface area contributed by atoms with Crippen molar-refractivity contribution in [3.8, 4) is 0 Å². The predicted octanol–water partition coefficient (Wildman–Crippen LogP) is 4.06. The average molecular weight is 272 g/mol. The van der Waals surface area contributed by atoms with E-state index in [1.54, 1.807) is 0 Å². The number of piperidine rings is 1. The van der Waals surface area contributed by atoms with Gasteiger partial charge in [0.1, 0.15) is 0 Å². The summed E-state index contributed by atoms with van der Waals surface area (Å²) in [5, 5.41) is 0. The van der Waals surface area contributed by atoms with Crippen LogP contribution < -0.4 is 0 Å². The maximum atomic E-state index is 12.6. The van der Waals surface area contributed by atoms with E-state index in [4.69, 9.17) is 11.6 Å². The summed E-state index contributed by atoms with van der Waals surface area (Å²) in [5.74, 6) is -0.432. The van der Waals surface area contributed by atoms with Gasteiger partial charge in [-0.05, 0) is 38.8 Å². The first-order valence-electron chi connectivity index (χ1n) is 6.39. The van der Waals surface area contributed by atoms with Gasteiger partial charge in [0.2, 0.25) is 0 Å². The van der Waals surface area contributed by atoms with Crippen LogP contribution in [-0.4, -0.2) is 36.6 Å². The molecule has 0 aromatic heterocycles. The number of hydrogen-bond donors (Lipinski definition) is 0. The zero-order valence-corrected chi connectivity index (χ0v) is 10.9. The van der Waals surface area contributed by atoms with Gasteiger partial charge in [0.05, 0.1) is 5.92 Å². The summed E-state index contributed by atoms with van der Waals surface area (Å²) < 4.78 is 37.7. The molecule has 0 saturated carbocycles. The Morgan fingerprint density at radius 1 is 1.12 bits per heavy atom. The number of unbranched alkanes of at least 4 members (excludes halogenated alkanes) is 3. The number of hydrogen-bond acceptors (Lipinski definition) is 1. The van der Waals surface area contributed by atoms with Gasteiger partial charge in [-0.15, -0.1) is 11.6 Å². The predicted molar refractivity (Wildman–Crippen MR) is 64.4 cm³/mol. The fraction of sp³-hybridized carbons (Fsp3) is 1.00. The van der Waals surface area contributed by atoms with Crippen LogP contribution in [0.25, 0.3) is 0 Å². The number of likely N-dealkylation sites (tertiary alicyclic amines) is 1. The maximum absolute atomic E-state index is 12.6. The van der Waals surface area contributed by atoms with E-state index in [1.165, 1.54) is 0 Å². The first kappa shape index (κ1) is 15.1. The second-order valence-electron chi connectivity index (χ2n) is 4.78. The third-order valence-electron chi connectivity index (χ3n) is 3.33. The minimum absolute atomic E-state index is 0.193. The van der Waals surface area contributed by atoms with Gasteiger partial charge in [0.25, 0.3) is 0 Å². The molecule has 0 amide bonds. The molecule has 1 atom stereocenters. The van der Waals surface area contributed by atoms with E-state index < -0.39 is 12.1 Å². The molecule has 102 valence electrons. The molecule has 17 heavy (non-hydrogen) atoms. The maximum Gasteiger partial charge on any atom is 0.393 e. The van der Waals surface area contributed by atoms with Gasteiger partial charge >= 0.3 is 6.18 Å². The van der Waals surface area contributed by atoms with E-state index in [1.807, 2.05) is 4.90 Å². The molecule has 1 rings (SSSR count). The monoisotopic (exact) mass is 271 g/mol. The lowest BCUT2D eigenvalue weighted by molar-refractivity contribution is -0.186. The smallest absolute Gasteiger partial charge is 0.303 e. The summed E-state index contributed by atoms with van der Waals surface area (Å²) in [6.45, 7) is 1.82. The van der Waals surface area contributed by atoms with Crippen molar-refractivity contribution in [2.24, 2.45) is 5.92 Å². The third-order valence-corrected chi connectivity index (χ3v) is 3.59. The fourth-order valence-corrected chi connectivity index (χ4v) is 2.50. The SMILES string of the molecule is FC(F)(F)C1CCCN(CCCCCCCl)C1. The van der Waals surface area contributed by atoms with Crippen molar-refractivity contribution in [1.82, 2.24) is 4.90 Å². The number of nitrogens with zero attached hydrogens (tertiary/aromatic N) is 1. The Balaban J connectivity index is 2.17. The number of rotatable bonds is 6. The lowest BCUT2D eigenvalue weighted by Gasteiger charge is -2.33. The molecule has 1 saturated heterocycles. The van der Waals surface area contributed by atoms with Crippen LogP contribution in [0.5, 0.6) is 0 Å². The molecule has 0 N–H and O–H groups in total. The molecule has 0 spiro atoms. The Hall–Kier alpha value is 0.0400. The van der Waals surface area contributed by atoms with Crippen LogP contribution in [0.4, 0.5) is 13.2 Å². The summed E-state index contributed by atoms with van der Waals surface area (Å²) in [5.41, 5.74) is 0. The quantitative estimate of drug-likeness (QED) is 0.520. The normalized spacial score (nSPS) is 22.9. The van der Waals surface area contributed by atoms with E-state index in [2.05, 4.69) is 0 Å². The molecule has 1 nitrogen and oxygen atoms in total. The Morgan fingerprint density at radius 2 is 1.82 bits per heavy atom. The molecule has 0 aromatic rings. The first-order chi connectivity index (χ1) is 8.04. The molecule has 0 radical (unpaired) electrons. The largest absolute Gasteiger partial charge is 0.393 e.